The van der Waals surface area contributed by atoms with E-state index >= 15 is 0 Å². The minimum absolute atomic E-state index is 0.00301. The van der Waals surface area contributed by atoms with Crippen LogP contribution in [-0.2, 0) is 4.79 Å². The summed E-state index contributed by atoms with van der Waals surface area (Å²) < 4.78 is 0. The molecule has 1 saturated heterocycles. The molecular formula is C11H10N4O3S. The van der Waals surface area contributed by atoms with Crippen LogP contribution in [0.5, 0.6) is 0 Å². The molecule has 1 aromatic carbocycles. The number of amides is 1. The molecule has 1 N–H and O–H groups in total. The summed E-state index contributed by atoms with van der Waals surface area (Å²) in [6.45, 7) is 1.70. The Balaban J connectivity index is 2.19. The van der Waals surface area contributed by atoms with Crippen molar-refractivity contribution in [2.75, 3.05) is 5.75 Å². The Hall–Kier alpha value is -2.22. The zero-order valence-electron chi connectivity index (χ0n) is 9.99. The van der Waals surface area contributed by atoms with Gasteiger partial charge in [0, 0.05) is 17.7 Å². The van der Waals surface area contributed by atoms with E-state index in [-0.39, 0.29) is 11.6 Å². The third-order valence-corrected chi connectivity index (χ3v) is 3.22. The minimum Gasteiger partial charge on any atom is -0.303 e. The highest BCUT2D eigenvalue weighted by atomic mass is 32.2. The van der Waals surface area contributed by atoms with E-state index in [1.54, 1.807) is 19.1 Å². The van der Waals surface area contributed by atoms with Crippen molar-refractivity contribution in [1.29, 1.82) is 0 Å². The number of rotatable bonds is 3. The highest BCUT2D eigenvalue weighted by molar-refractivity contribution is 8.15. The van der Waals surface area contributed by atoms with Gasteiger partial charge in [-0.3, -0.25) is 14.9 Å². The molecule has 0 saturated carbocycles. The number of nitrogens with one attached hydrogen (secondary N) is 1. The number of hydrogen-bond donors (Lipinski definition) is 1. The normalized spacial score (nSPS) is 17.6. The van der Waals surface area contributed by atoms with Gasteiger partial charge in [0.1, 0.15) is 0 Å². The highest BCUT2D eigenvalue weighted by Crippen LogP contribution is 2.14. The Morgan fingerprint density at radius 1 is 1.53 bits per heavy atom. The molecule has 1 heterocycles. The van der Waals surface area contributed by atoms with Gasteiger partial charge in [-0.1, -0.05) is 23.9 Å². The average Bonchev–Trinajstić information content (AvgIpc) is 2.82. The van der Waals surface area contributed by atoms with Crippen LogP contribution in [-0.4, -0.2) is 27.5 Å². The number of benzene rings is 1. The molecule has 0 radical (unpaired) electrons. The molecule has 0 unspecified atom stereocenters. The van der Waals surface area contributed by atoms with E-state index in [0.29, 0.717) is 22.2 Å². The van der Waals surface area contributed by atoms with E-state index in [1.807, 2.05) is 0 Å². The summed E-state index contributed by atoms with van der Waals surface area (Å²) in [4.78, 5) is 21.2. The molecule has 0 atom stereocenters. The van der Waals surface area contributed by atoms with Crippen molar-refractivity contribution in [2.45, 2.75) is 6.92 Å². The van der Waals surface area contributed by atoms with E-state index in [2.05, 4.69) is 15.5 Å². The molecule has 19 heavy (non-hydrogen) atoms. The summed E-state index contributed by atoms with van der Waals surface area (Å²) in [5.41, 5.74) is 1.16. The quantitative estimate of drug-likeness (QED) is 0.515. The monoisotopic (exact) mass is 278 g/mol. The number of nitrogens with zero attached hydrogens (tertiary/aromatic N) is 3. The van der Waals surface area contributed by atoms with E-state index in [1.165, 1.54) is 23.9 Å². The Morgan fingerprint density at radius 3 is 2.95 bits per heavy atom. The second-order valence-electron chi connectivity index (χ2n) is 3.73. The van der Waals surface area contributed by atoms with Crippen LogP contribution in [0.1, 0.15) is 12.5 Å². The maximum Gasteiger partial charge on any atom is 0.270 e. The third kappa shape index (κ3) is 3.38. The zero-order valence-corrected chi connectivity index (χ0v) is 10.8. The first-order valence-electron chi connectivity index (χ1n) is 5.36. The number of nitro groups is 1. The van der Waals surface area contributed by atoms with E-state index in [4.69, 9.17) is 0 Å². The van der Waals surface area contributed by atoms with Gasteiger partial charge in [-0.15, -0.1) is 5.10 Å². The van der Waals surface area contributed by atoms with Gasteiger partial charge in [0.2, 0.25) is 5.91 Å². The Morgan fingerprint density at radius 2 is 2.32 bits per heavy atom. The number of carbonyl (C=O) groups is 1. The summed E-state index contributed by atoms with van der Waals surface area (Å²) in [6, 6.07) is 6.15. The largest absolute Gasteiger partial charge is 0.303 e. The summed E-state index contributed by atoms with van der Waals surface area (Å²) in [7, 11) is 0. The number of nitro benzene ring substituents is 1. The molecule has 8 heteroatoms. The second kappa shape index (κ2) is 5.61. The Kier molecular flexibility index (Phi) is 3.91. The predicted molar refractivity (Wildman–Crippen MR) is 73.3 cm³/mol. The molecule has 1 aliphatic rings. The fourth-order valence-electron chi connectivity index (χ4n) is 1.40. The van der Waals surface area contributed by atoms with Crippen LogP contribution in [0.4, 0.5) is 5.69 Å². The van der Waals surface area contributed by atoms with Crippen LogP contribution in [0.3, 0.4) is 0 Å². The van der Waals surface area contributed by atoms with E-state index in [0.717, 1.165) is 0 Å². The first kappa shape index (κ1) is 13.2. The fraction of sp³-hybridized carbons (Fsp3) is 0.182. The van der Waals surface area contributed by atoms with E-state index in [9.17, 15) is 14.9 Å². The summed E-state index contributed by atoms with van der Waals surface area (Å²) >= 11 is 1.27. The summed E-state index contributed by atoms with van der Waals surface area (Å²) in [5, 5.41) is 21.5. The highest BCUT2D eigenvalue weighted by Gasteiger charge is 2.16. The molecule has 2 rings (SSSR count). The lowest BCUT2D eigenvalue weighted by atomic mass is 10.1. The SMILES string of the molecule is C/C(=N/N=C1\NC(=O)CS1)c1cccc([N+](=O)[O-])c1. The van der Waals surface area contributed by atoms with Crippen LogP contribution in [0.15, 0.2) is 34.5 Å². The molecule has 0 bridgehead atoms. The lowest BCUT2D eigenvalue weighted by Crippen LogP contribution is -2.19. The van der Waals surface area contributed by atoms with Crippen molar-refractivity contribution >= 4 is 34.2 Å². The number of hydrogen-bond acceptors (Lipinski definition) is 6. The van der Waals surface area contributed by atoms with Gasteiger partial charge in [0.05, 0.1) is 16.4 Å². The first-order chi connectivity index (χ1) is 9.06. The standard InChI is InChI=1S/C11H10N4O3S/c1-7(13-14-11-12-10(16)6-19-11)8-3-2-4-9(5-8)15(17)18/h2-5H,6H2,1H3,(H,12,14,16)/b13-7-. The first-order valence-corrected chi connectivity index (χ1v) is 6.34. The molecular weight excluding hydrogens is 268 g/mol. The van der Waals surface area contributed by atoms with Crippen molar-refractivity contribution in [3.63, 3.8) is 0 Å². The van der Waals surface area contributed by atoms with Crippen molar-refractivity contribution < 1.29 is 9.72 Å². The number of amidine groups is 1. The predicted octanol–water partition coefficient (Wildman–Crippen LogP) is 1.54. The van der Waals surface area contributed by atoms with Crippen LogP contribution >= 0.6 is 11.8 Å². The van der Waals surface area contributed by atoms with Gasteiger partial charge in [-0.05, 0) is 6.92 Å². The molecule has 0 aliphatic carbocycles. The average molecular weight is 278 g/mol. The fourth-order valence-corrected chi connectivity index (χ4v) is 2.03. The molecule has 0 aromatic heterocycles. The summed E-state index contributed by atoms with van der Waals surface area (Å²) in [6.07, 6.45) is 0. The Labute approximate surface area is 112 Å². The molecule has 1 aromatic rings. The molecule has 98 valence electrons. The van der Waals surface area contributed by atoms with Gasteiger partial charge in [-0.2, -0.15) is 5.10 Å². The van der Waals surface area contributed by atoms with Crippen molar-refractivity contribution in [3.8, 4) is 0 Å². The van der Waals surface area contributed by atoms with Crippen molar-refractivity contribution in [1.82, 2.24) is 5.32 Å². The minimum atomic E-state index is -0.463. The molecule has 7 nitrogen and oxygen atoms in total. The topological polar surface area (TPSA) is 97.0 Å². The maximum absolute atomic E-state index is 11.0. The van der Waals surface area contributed by atoms with Crippen LogP contribution in [0, 0.1) is 10.1 Å². The van der Waals surface area contributed by atoms with Gasteiger partial charge in [-0.25, -0.2) is 0 Å². The Bertz CT molecular complexity index is 597. The van der Waals surface area contributed by atoms with Crippen LogP contribution < -0.4 is 5.32 Å². The molecule has 1 amide bonds. The second-order valence-corrected chi connectivity index (χ2v) is 4.70. The van der Waals surface area contributed by atoms with E-state index < -0.39 is 4.92 Å². The number of thioether (sulfide) groups is 1. The molecule has 1 fully saturated rings. The van der Waals surface area contributed by atoms with Crippen LogP contribution in [0.2, 0.25) is 0 Å². The third-order valence-electron chi connectivity index (χ3n) is 2.35. The zero-order chi connectivity index (χ0) is 13.8. The lowest BCUT2D eigenvalue weighted by Gasteiger charge is -1.99. The van der Waals surface area contributed by atoms with Crippen molar-refractivity contribution in [2.24, 2.45) is 10.2 Å². The summed E-state index contributed by atoms with van der Waals surface area (Å²) in [5.74, 6) is 0.233. The number of carbonyl (C=O) groups excluding carboxylic acids is 1. The molecule has 0 spiro atoms. The smallest absolute Gasteiger partial charge is 0.270 e. The van der Waals surface area contributed by atoms with Gasteiger partial charge in [0.15, 0.2) is 5.17 Å². The van der Waals surface area contributed by atoms with Gasteiger partial charge < -0.3 is 5.32 Å². The van der Waals surface area contributed by atoms with Crippen LogP contribution in [0.25, 0.3) is 0 Å². The van der Waals surface area contributed by atoms with Gasteiger partial charge >= 0.3 is 0 Å². The maximum atomic E-state index is 11.0. The molecule has 1 aliphatic heterocycles. The lowest BCUT2D eigenvalue weighted by molar-refractivity contribution is -0.384. The number of non-ortho nitro benzene ring substituents is 1. The van der Waals surface area contributed by atoms with Gasteiger partial charge in [0.25, 0.3) is 5.69 Å². The van der Waals surface area contributed by atoms with Crippen molar-refractivity contribution in [3.05, 3.63) is 39.9 Å².